The molecule has 1 aliphatic heterocycles. The zero-order valence-electron chi connectivity index (χ0n) is 12.6. The summed E-state index contributed by atoms with van der Waals surface area (Å²) in [7, 11) is 0.550. The molecule has 1 unspecified atom stereocenters. The summed E-state index contributed by atoms with van der Waals surface area (Å²) >= 11 is 0. The van der Waals surface area contributed by atoms with Crippen molar-refractivity contribution in [3.63, 3.8) is 0 Å². The first kappa shape index (κ1) is 17.7. The van der Waals surface area contributed by atoms with E-state index >= 15 is 0 Å². The Bertz CT molecular complexity index is 969. The zero-order valence-corrected chi connectivity index (χ0v) is 13.4. The Morgan fingerprint density at radius 2 is 1.68 bits per heavy atom. The second-order valence-electron chi connectivity index (χ2n) is 5.65. The Morgan fingerprint density at radius 3 is 2.24 bits per heavy atom. The normalized spacial score (nSPS) is 23.3. The van der Waals surface area contributed by atoms with Gasteiger partial charge in [0.2, 0.25) is 9.84 Å². The lowest BCUT2D eigenvalue weighted by molar-refractivity contribution is -0.114. The minimum atomic E-state index is -5.16. The summed E-state index contributed by atoms with van der Waals surface area (Å²) < 4.78 is 83.6. The second kappa shape index (κ2) is 5.22. The molecule has 0 saturated heterocycles. The van der Waals surface area contributed by atoms with Gasteiger partial charge in [-0.15, -0.1) is 0 Å². The van der Waals surface area contributed by atoms with Crippen LogP contribution in [0.15, 0.2) is 35.2 Å². The molecule has 0 aromatic heterocycles. The van der Waals surface area contributed by atoms with E-state index in [9.17, 15) is 31.1 Å². The third-order valence-corrected chi connectivity index (χ3v) is 5.90. The summed E-state index contributed by atoms with van der Waals surface area (Å²) in [6.45, 7) is 0.610. The van der Waals surface area contributed by atoms with Crippen LogP contribution in [0, 0.1) is 11.6 Å². The van der Waals surface area contributed by atoms with Crippen molar-refractivity contribution in [1.82, 2.24) is 0 Å². The minimum Gasteiger partial charge on any atom is -0.458 e. The molecule has 1 atom stereocenters. The first-order chi connectivity index (χ1) is 11.4. The number of hydrogen-bond acceptors (Lipinski definition) is 4. The van der Waals surface area contributed by atoms with Crippen molar-refractivity contribution in [2.45, 2.75) is 22.7 Å². The van der Waals surface area contributed by atoms with E-state index in [0.717, 1.165) is 24.3 Å². The number of alkyl halides is 2. The molecule has 2 aromatic carbocycles. The molecule has 1 aliphatic rings. The summed E-state index contributed by atoms with van der Waals surface area (Å²) in [5.41, 5.74) is -4.41. The summed E-state index contributed by atoms with van der Waals surface area (Å²) in [5, 5.41) is 5.58. The number of aliphatic hydroxyl groups is 1. The molecule has 4 nitrogen and oxygen atoms in total. The number of fused-ring (bicyclic) bond motifs is 1. The van der Waals surface area contributed by atoms with Gasteiger partial charge in [-0.25, -0.2) is 17.2 Å². The predicted molar refractivity (Wildman–Crippen MR) is 80.0 cm³/mol. The molecule has 130 valence electrons. The number of halogens is 4. The van der Waals surface area contributed by atoms with Gasteiger partial charge in [-0.1, -0.05) is 0 Å². The molecule has 0 spiro atoms. The molecule has 2 radical (unpaired) electrons. The summed E-state index contributed by atoms with van der Waals surface area (Å²) in [5.74, 6) is -2.56. The maximum absolute atomic E-state index is 14.1. The number of hydrogen-bond donors (Lipinski definition) is 1. The molecule has 0 amide bonds. The lowest BCUT2D eigenvalue weighted by Crippen LogP contribution is -2.44. The Balaban J connectivity index is 2.17. The smallest absolute Gasteiger partial charge is 0.381 e. The molecule has 3 rings (SSSR count). The van der Waals surface area contributed by atoms with Gasteiger partial charge >= 0.3 is 5.25 Å². The average molecular weight is 372 g/mol. The molecule has 2 aromatic rings. The van der Waals surface area contributed by atoms with E-state index in [1.165, 1.54) is 0 Å². The molecule has 0 fully saturated rings. The van der Waals surface area contributed by atoms with Gasteiger partial charge in [0.25, 0.3) is 0 Å². The van der Waals surface area contributed by atoms with Crippen molar-refractivity contribution in [3.8, 4) is 11.5 Å². The van der Waals surface area contributed by atoms with Gasteiger partial charge in [0.15, 0.2) is 5.60 Å². The summed E-state index contributed by atoms with van der Waals surface area (Å²) in [4.78, 5) is -0.835. The van der Waals surface area contributed by atoms with Crippen LogP contribution < -0.4 is 10.2 Å². The summed E-state index contributed by atoms with van der Waals surface area (Å²) in [6.07, 6.45) is 0. The third kappa shape index (κ3) is 2.35. The highest BCUT2D eigenvalue weighted by Crippen LogP contribution is 2.52. The molecule has 0 bridgehead atoms. The number of ether oxygens (including phenoxy) is 1. The molecule has 25 heavy (non-hydrogen) atoms. The predicted octanol–water partition coefficient (Wildman–Crippen LogP) is 2.14. The van der Waals surface area contributed by atoms with Crippen molar-refractivity contribution >= 4 is 23.1 Å². The molecular formula is C15H9BF4O4S. The van der Waals surface area contributed by atoms with Crippen LogP contribution in [0.4, 0.5) is 17.6 Å². The molecule has 10 heteroatoms. The maximum Gasteiger partial charge on any atom is 0.381 e. The quantitative estimate of drug-likeness (QED) is 0.648. The van der Waals surface area contributed by atoms with Gasteiger partial charge in [0.1, 0.15) is 31.0 Å². The maximum atomic E-state index is 14.1. The Hall–Kier alpha value is -2.07. The van der Waals surface area contributed by atoms with Crippen molar-refractivity contribution in [1.29, 1.82) is 0 Å². The van der Waals surface area contributed by atoms with Gasteiger partial charge in [-0.05, 0) is 24.5 Å². The highest BCUT2D eigenvalue weighted by Gasteiger charge is 2.68. The van der Waals surface area contributed by atoms with E-state index in [1.807, 2.05) is 0 Å². The van der Waals surface area contributed by atoms with E-state index in [0.29, 0.717) is 13.0 Å². The monoisotopic (exact) mass is 372 g/mol. The van der Waals surface area contributed by atoms with E-state index in [4.69, 9.17) is 12.6 Å². The number of rotatable bonds is 2. The van der Waals surface area contributed by atoms with E-state index in [1.54, 1.807) is 0 Å². The first-order valence-corrected chi connectivity index (χ1v) is 8.29. The van der Waals surface area contributed by atoms with Gasteiger partial charge in [-0.2, -0.15) is 8.78 Å². The van der Waals surface area contributed by atoms with Gasteiger partial charge in [-0.3, -0.25) is 0 Å². The van der Waals surface area contributed by atoms with Crippen LogP contribution in [-0.4, -0.2) is 26.6 Å². The largest absolute Gasteiger partial charge is 0.458 e. The fourth-order valence-electron chi connectivity index (χ4n) is 2.66. The molecule has 1 heterocycles. The van der Waals surface area contributed by atoms with Gasteiger partial charge in [0, 0.05) is 23.8 Å². The fraction of sp³-hybridized carbons (Fsp3) is 0.200. The fourth-order valence-corrected chi connectivity index (χ4v) is 4.38. The Kier molecular flexibility index (Phi) is 3.70. The van der Waals surface area contributed by atoms with Crippen LogP contribution in [0.25, 0.3) is 0 Å². The van der Waals surface area contributed by atoms with E-state index in [-0.39, 0.29) is 11.5 Å². The van der Waals surface area contributed by atoms with Crippen molar-refractivity contribution in [2.24, 2.45) is 0 Å². The molecule has 0 aliphatic carbocycles. The number of benzene rings is 2. The topological polar surface area (TPSA) is 63.6 Å². The molecule has 0 saturated carbocycles. The lowest BCUT2D eigenvalue weighted by Gasteiger charge is -2.25. The van der Waals surface area contributed by atoms with Crippen LogP contribution >= 0.6 is 0 Å². The van der Waals surface area contributed by atoms with Crippen LogP contribution in [0.1, 0.15) is 12.5 Å². The van der Waals surface area contributed by atoms with Crippen LogP contribution in [0.3, 0.4) is 0 Å². The van der Waals surface area contributed by atoms with Crippen molar-refractivity contribution in [2.75, 3.05) is 0 Å². The number of sulfone groups is 1. The van der Waals surface area contributed by atoms with Crippen molar-refractivity contribution in [3.05, 3.63) is 47.5 Å². The van der Waals surface area contributed by atoms with E-state index in [2.05, 4.69) is 0 Å². The average Bonchev–Trinajstić information content (AvgIpc) is 2.56. The van der Waals surface area contributed by atoms with Gasteiger partial charge in [0.05, 0.1) is 4.90 Å². The zero-order chi connectivity index (χ0) is 18.8. The molecule has 1 N–H and O–H groups in total. The van der Waals surface area contributed by atoms with Crippen molar-refractivity contribution < 1.29 is 35.8 Å². The Labute approximate surface area is 141 Å². The Morgan fingerprint density at radius 1 is 1.12 bits per heavy atom. The SMILES string of the molecule is [B]c1c(Oc2cc(F)cc(F)c2)ccc2c1C(C)(O)C(F)(F)S2(=O)=O. The van der Waals surface area contributed by atoms with Crippen LogP contribution in [-0.2, 0) is 15.4 Å². The minimum absolute atomic E-state index is 0.323. The first-order valence-electron chi connectivity index (χ1n) is 6.81. The highest BCUT2D eigenvalue weighted by atomic mass is 32.2. The summed E-state index contributed by atoms with van der Waals surface area (Å²) in [6, 6.07) is 3.99. The lowest BCUT2D eigenvalue weighted by atomic mass is 9.82. The van der Waals surface area contributed by atoms with Crippen LogP contribution in [0.2, 0.25) is 0 Å². The van der Waals surface area contributed by atoms with Crippen LogP contribution in [0.5, 0.6) is 11.5 Å². The molecular weight excluding hydrogens is 363 g/mol. The third-order valence-electron chi connectivity index (χ3n) is 3.91. The highest BCUT2D eigenvalue weighted by molar-refractivity contribution is 7.93. The van der Waals surface area contributed by atoms with E-state index < -0.39 is 48.2 Å². The standard InChI is InChI=1S/C15H9BF4O4S/c1-14(21)12-11(25(22,23)15(14,19)20)3-2-10(13(12)16)24-9-5-7(17)4-8(18)6-9/h2-6,21H,1H3. The van der Waals surface area contributed by atoms with Gasteiger partial charge < -0.3 is 9.84 Å². The second-order valence-corrected chi connectivity index (χ2v) is 7.61.